The Hall–Kier alpha value is -2.08. The Kier molecular flexibility index (Phi) is 2.27. The molecule has 3 heterocycles. The first-order chi connectivity index (χ1) is 8.58. The van der Waals surface area contributed by atoms with Gasteiger partial charge in [0.15, 0.2) is 0 Å². The number of hydrogen-bond donors (Lipinski definition) is 1. The van der Waals surface area contributed by atoms with E-state index < -0.39 is 18.3 Å². The van der Waals surface area contributed by atoms with Crippen LogP contribution < -0.4 is 0 Å². The first-order valence-electron chi connectivity index (χ1n) is 5.63. The Morgan fingerprint density at radius 1 is 1.56 bits per heavy atom. The molecule has 0 radical (unpaired) electrons. The van der Waals surface area contributed by atoms with E-state index >= 15 is 0 Å². The smallest absolute Gasteiger partial charge is 0.304 e. The number of rotatable bonds is 1. The number of hydrogen-bond acceptors (Lipinski definition) is 4. The van der Waals surface area contributed by atoms with Gasteiger partial charge in [0.2, 0.25) is 6.23 Å². The van der Waals surface area contributed by atoms with Crippen LogP contribution in [0.3, 0.4) is 0 Å². The number of aliphatic hydroxyl groups excluding tert-OH is 1. The third kappa shape index (κ3) is 1.46. The molecule has 0 unspecified atom stereocenters. The molecule has 2 atom stereocenters. The molecule has 94 valence electrons. The van der Waals surface area contributed by atoms with Crippen molar-refractivity contribution in [2.24, 2.45) is 0 Å². The van der Waals surface area contributed by atoms with Crippen LogP contribution >= 0.6 is 0 Å². The summed E-state index contributed by atoms with van der Waals surface area (Å²) < 4.78 is 6.84. The fourth-order valence-corrected chi connectivity index (χ4v) is 2.38. The molecule has 0 bridgehead atoms. The molecule has 1 aromatic rings. The van der Waals surface area contributed by atoms with Crippen LogP contribution in [0.15, 0.2) is 30.1 Å². The molecule has 1 amide bonds. The van der Waals surface area contributed by atoms with Gasteiger partial charge in [0.1, 0.15) is 5.69 Å². The topological polar surface area (TPSA) is 71.8 Å². The Balaban J connectivity index is 2.10. The van der Waals surface area contributed by atoms with Gasteiger partial charge in [-0.1, -0.05) is 0 Å². The molecule has 1 aromatic heterocycles. The maximum absolute atomic E-state index is 12.1. The molecule has 0 saturated carbocycles. The van der Waals surface area contributed by atoms with E-state index in [1.165, 1.54) is 11.8 Å². The number of esters is 1. The van der Waals surface area contributed by atoms with Crippen LogP contribution in [0, 0.1) is 0 Å². The summed E-state index contributed by atoms with van der Waals surface area (Å²) in [5.41, 5.74) is 0.971. The molecule has 6 nitrogen and oxygen atoms in total. The molecular weight excluding hydrogens is 236 g/mol. The Morgan fingerprint density at radius 3 is 3.06 bits per heavy atom. The number of aromatic nitrogens is 1. The van der Waals surface area contributed by atoms with Crippen molar-refractivity contribution in [2.45, 2.75) is 19.3 Å². The summed E-state index contributed by atoms with van der Waals surface area (Å²) in [4.78, 5) is 24.8. The number of amides is 1. The zero-order valence-electron chi connectivity index (χ0n) is 9.74. The summed E-state index contributed by atoms with van der Waals surface area (Å²) in [6.07, 6.45) is 1.84. The van der Waals surface area contributed by atoms with Gasteiger partial charge in [0.25, 0.3) is 5.91 Å². The standard InChI is InChI=1S/C12H12N2O4/c1-7(15)18-12-10-5-8(16)6-14(10)11(17)9-3-2-4-13(9)12/h2-5,8,12,16H,6H2,1H3/t8-,12-/m1/s1. The summed E-state index contributed by atoms with van der Waals surface area (Å²) in [6, 6.07) is 3.39. The van der Waals surface area contributed by atoms with Gasteiger partial charge in [0, 0.05) is 13.1 Å². The molecule has 0 spiro atoms. The quantitative estimate of drug-likeness (QED) is 0.724. The molecule has 0 aromatic carbocycles. The minimum Gasteiger partial charge on any atom is -0.435 e. The van der Waals surface area contributed by atoms with Gasteiger partial charge < -0.3 is 19.3 Å². The van der Waals surface area contributed by atoms with Crippen LogP contribution in [0.5, 0.6) is 0 Å². The van der Waals surface area contributed by atoms with Gasteiger partial charge in [-0.25, -0.2) is 0 Å². The summed E-state index contributed by atoms with van der Waals surface area (Å²) in [5, 5.41) is 9.63. The number of carbonyl (C=O) groups is 2. The summed E-state index contributed by atoms with van der Waals surface area (Å²) in [7, 11) is 0. The predicted octanol–water partition coefficient (Wildman–Crippen LogP) is 0.264. The van der Waals surface area contributed by atoms with Gasteiger partial charge >= 0.3 is 5.97 Å². The SMILES string of the molecule is CC(=O)O[C@@H]1C2=C[C@@H](O)CN2C(=O)c2cccn21. The van der Waals surface area contributed by atoms with Gasteiger partial charge in [-0.2, -0.15) is 0 Å². The first kappa shape index (κ1) is 11.0. The van der Waals surface area contributed by atoms with Crippen LogP contribution in [-0.4, -0.2) is 39.1 Å². The highest BCUT2D eigenvalue weighted by Gasteiger charge is 2.40. The zero-order chi connectivity index (χ0) is 12.9. The highest BCUT2D eigenvalue weighted by Crippen LogP contribution is 2.35. The second-order valence-corrected chi connectivity index (χ2v) is 4.34. The highest BCUT2D eigenvalue weighted by atomic mass is 16.6. The van der Waals surface area contributed by atoms with Crippen molar-refractivity contribution in [2.75, 3.05) is 6.54 Å². The minimum atomic E-state index is -0.716. The number of nitrogens with zero attached hydrogens (tertiary/aromatic N) is 2. The van der Waals surface area contributed by atoms with Crippen molar-refractivity contribution >= 4 is 11.9 Å². The Bertz CT molecular complexity index is 560. The molecule has 3 rings (SSSR count). The van der Waals surface area contributed by atoms with E-state index in [1.54, 1.807) is 29.0 Å². The molecule has 2 aliphatic heterocycles. The molecule has 0 saturated heterocycles. The van der Waals surface area contributed by atoms with Crippen molar-refractivity contribution in [3.05, 3.63) is 35.8 Å². The molecule has 0 fully saturated rings. The maximum atomic E-state index is 12.1. The molecule has 0 aliphatic carbocycles. The van der Waals surface area contributed by atoms with Gasteiger partial charge in [0.05, 0.1) is 18.3 Å². The van der Waals surface area contributed by atoms with Gasteiger partial charge in [-0.3, -0.25) is 9.59 Å². The highest BCUT2D eigenvalue weighted by molar-refractivity contribution is 5.95. The Morgan fingerprint density at radius 2 is 2.33 bits per heavy atom. The third-order valence-corrected chi connectivity index (χ3v) is 3.07. The molecule has 18 heavy (non-hydrogen) atoms. The fraction of sp³-hybridized carbons (Fsp3) is 0.333. The molecular formula is C12H12N2O4. The van der Waals surface area contributed by atoms with Crippen LogP contribution in [0.1, 0.15) is 23.6 Å². The van der Waals surface area contributed by atoms with Crippen LogP contribution in [0.4, 0.5) is 0 Å². The fourth-order valence-electron chi connectivity index (χ4n) is 2.38. The Labute approximate surface area is 103 Å². The monoisotopic (exact) mass is 248 g/mol. The lowest BCUT2D eigenvalue weighted by molar-refractivity contribution is -0.149. The maximum Gasteiger partial charge on any atom is 0.304 e. The number of aliphatic hydroxyl groups is 1. The van der Waals surface area contributed by atoms with Crippen molar-refractivity contribution in [1.82, 2.24) is 9.47 Å². The summed E-state index contributed by atoms with van der Waals surface area (Å²) in [6.45, 7) is 1.52. The minimum absolute atomic E-state index is 0.189. The van der Waals surface area contributed by atoms with E-state index in [-0.39, 0.29) is 12.5 Å². The lowest BCUT2D eigenvalue weighted by Gasteiger charge is -2.33. The van der Waals surface area contributed by atoms with Crippen molar-refractivity contribution in [3.63, 3.8) is 0 Å². The van der Waals surface area contributed by atoms with Crippen molar-refractivity contribution < 1.29 is 19.4 Å². The predicted molar refractivity (Wildman–Crippen MR) is 60.4 cm³/mol. The van der Waals surface area contributed by atoms with E-state index in [0.29, 0.717) is 11.4 Å². The lowest BCUT2D eigenvalue weighted by Crippen LogP contribution is -2.41. The third-order valence-electron chi connectivity index (χ3n) is 3.07. The van der Waals surface area contributed by atoms with E-state index in [9.17, 15) is 14.7 Å². The molecule has 1 N–H and O–H groups in total. The number of ether oxygens (including phenoxy) is 1. The largest absolute Gasteiger partial charge is 0.435 e. The van der Waals surface area contributed by atoms with Crippen LogP contribution in [-0.2, 0) is 9.53 Å². The van der Waals surface area contributed by atoms with E-state index in [0.717, 1.165) is 0 Å². The van der Waals surface area contributed by atoms with E-state index in [2.05, 4.69) is 0 Å². The van der Waals surface area contributed by atoms with Gasteiger partial charge in [-0.05, 0) is 18.2 Å². The van der Waals surface area contributed by atoms with Crippen molar-refractivity contribution in [1.29, 1.82) is 0 Å². The first-order valence-corrected chi connectivity index (χ1v) is 5.63. The summed E-state index contributed by atoms with van der Waals surface area (Å²) >= 11 is 0. The number of carbonyl (C=O) groups excluding carboxylic acids is 2. The van der Waals surface area contributed by atoms with Gasteiger partial charge in [-0.15, -0.1) is 0 Å². The zero-order valence-corrected chi connectivity index (χ0v) is 9.74. The molecule has 2 aliphatic rings. The summed E-state index contributed by atoms with van der Waals surface area (Å²) in [5.74, 6) is -0.623. The number of fused-ring (bicyclic) bond motifs is 2. The second kappa shape index (κ2) is 3.71. The van der Waals surface area contributed by atoms with E-state index in [4.69, 9.17) is 4.74 Å². The second-order valence-electron chi connectivity index (χ2n) is 4.34. The average Bonchev–Trinajstić information content (AvgIpc) is 2.89. The average molecular weight is 248 g/mol. The normalized spacial score (nSPS) is 25.6. The van der Waals surface area contributed by atoms with Crippen molar-refractivity contribution in [3.8, 4) is 0 Å². The lowest BCUT2D eigenvalue weighted by atomic mass is 10.2. The van der Waals surface area contributed by atoms with Crippen LogP contribution in [0.2, 0.25) is 0 Å². The van der Waals surface area contributed by atoms with Crippen LogP contribution in [0.25, 0.3) is 0 Å². The van der Waals surface area contributed by atoms with E-state index in [1.807, 2.05) is 0 Å². The molecule has 6 heteroatoms.